The fourth-order valence-electron chi connectivity index (χ4n) is 2.85. The van der Waals surface area contributed by atoms with Gasteiger partial charge in [0.25, 0.3) is 0 Å². The van der Waals surface area contributed by atoms with Crippen LogP contribution in [-0.4, -0.2) is 4.98 Å². The molecule has 3 aromatic rings. The van der Waals surface area contributed by atoms with E-state index in [1.54, 1.807) is 0 Å². The van der Waals surface area contributed by atoms with Crippen LogP contribution in [0.3, 0.4) is 0 Å². The molecule has 0 atom stereocenters. The van der Waals surface area contributed by atoms with Crippen molar-refractivity contribution in [3.05, 3.63) is 72.1 Å². The Kier molecular flexibility index (Phi) is 3.91. The highest BCUT2D eigenvalue weighted by atomic mass is 19.4. The number of aromatic nitrogens is 1. The van der Waals surface area contributed by atoms with Gasteiger partial charge in [0.2, 0.25) is 0 Å². The van der Waals surface area contributed by atoms with Gasteiger partial charge >= 0.3 is 6.18 Å². The molecule has 1 aromatic heterocycles. The van der Waals surface area contributed by atoms with E-state index in [2.05, 4.69) is 11.6 Å². The smallest absolute Gasteiger partial charge is 0.252 e. The summed E-state index contributed by atoms with van der Waals surface area (Å²) in [5, 5.41) is 1.94. The number of hydrogen-bond donors (Lipinski definition) is 0. The quantitative estimate of drug-likeness (QED) is 0.541. The van der Waals surface area contributed by atoms with Gasteiger partial charge in [0.1, 0.15) is 0 Å². The van der Waals surface area contributed by atoms with Crippen molar-refractivity contribution in [2.24, 2.45) is 0 Å². The summed E-state index contributed by atoms with van der Waals surface area (Å²) >= 11 is 0. The Morgan fingerprint density at radius 1 is 0.958 bits per heavy atom. The second-order valence-corrected chi connectivity index (χ2v) is 5.82. The van der Waals surface area contributed by atoms with Crippen LogP contribution >= 0.6 is 0 Å². The van der Waals surface area contributed by atoms with Gasteiger partial charge in [-0.15, -0.1) is 0 Å². The predicted molar refractivity (Wildman–Crippen MR) is 91.6 cm³/mol. The molecule has 24 heavy (non-hydrogen) atoms. The summed E-state index contributed by atoms with van der Waals surface area (Å²) in [4.78, 5) is 4.63. The van der Waals surface area contributed by atoms with Crippen LogP contribution in [0.5, 0.6) is 0 Å². The maximum absolute atomic E-state index is 12.8. The van der Waals surface area contributed by atoms with Crippen molar-refractivity contribution in [2.75, 3.05) is 0 Å². The third kappa shape index (κ3) is 2.80. The molecule has 1 nitrogen and oxygen atoms in total. The maximum atomic E-state index is 12.8. The molecule has 0 aliphatic carbocycles. The van der Waals surface area contributed by atoms with Crippen LogP contribution in [0.15, 0.2) is 55.1 Å². The number of halogens is 3. The van der Waals surface area contributed by atoms with Crippen LogP contribution in [0.4, 0.5) is 13.2 Å². The van der Waals surface area contributed by atoms with Crippen molar-refractivity contribution >= 4 is 16.3 Å². The zero-order chi connectivity index (χ0) is 17.5. The minimum Gasteiger partial charge on any atom is -0.252 e. The Balaban J connectivity index is 2.30. The molecule has 122 valence electrons. The Hall–Kier alpha value is -2.62. The van der Waals surface area contributed by atoms with Gasteiger partial charge < -0.3 is 0 Å². The van der Waals surface area contributed by atoms with Crippen LogP contribution in [0.25, 0.3) is 27.5 Å². The van der Waals surface area contributed by atoms with Crippen LogP contribution in [-0.2, 0) is 6.18 Å². The molecule has 0 spiro atoms. The molecule has 0 N–H and O–H groups in total. The number of aryl methyl sites for hydroxylation is 1. The summed E-state index contributed by atoms with van der Waals surface area (Å²) in [7, 11) is 0. The molecular formula is C20H16F3N. The van der Waals surface area contributed by atoms with Gasteiger partial charge in [-0.25, -0.2) is 0 Å². The Bertz CT molecular complexity index is 922. The highest BCUT2D eigenvalue weighted by Crippen LogP contribution is 2.37. The molecule has 0 amide bonds. The van der Waals surface area contributed by atoms with E-state index in [4.69, 9.17) is 0 Å². The molecular weight excluding hydrogens is 311 g/mol. The Morgan fingerprint density at radius 2 is 1.54 bits per heavy atom. The summed E-state index contributed by atoms with van der Waals surface area (Å²) in [5.41, 5.74) is 3.22. The van der Waals surface area contributed by atoms with Gasteiger partial charge in [-0.2, -0.15) is 13.2 Å². The Labute approximate surface area is 138 Å². The molecule has 1 heterocycles. The number of pyridine rings is 1. The zero-order valence-corrected chi connectivity index (χ0v) is 13.4. The summed E-state index contributed by atoms with van der Waals surface area (Å²) in [6, 6.07) is 13.0. The fraction of sp³-hybridized carbons (Fsp3) is 0.150. The van der Waals surface area contributed by atoms with E-state index in [-0.39, 0.29) is 0 Å². The van der Waals surface area contributed by atoms with E-state index < -0.39 is 11.7 Å². The van der Waals surface area contributed by atoms with E-state index in [1.165, 1.54) is 12.1 Å². The van der Waals surface area contributed by atoms with Crippen molar-refractivity contribution in [2.45, 2.75) is 20.0 Å². The van der Waals surface area contributed by atoms with Gasteiger partial charge in [-0.05, 0) is 42.5 Å². The molecule has 0 saturated carbocycles. The van der Waals surface area contributed by atoms with E-state index in [0.717, 1.165) is 39.7 Å². The zero-order valence-electron chi connectivity index (χ0n) is 13.4. The molecule has 0 aliphatic heterocycles. The van der Waals surface area contributed by atoms with Crippen LogP contribution in [0.2, 0.25) is 0 Å². The number of fused-ring (bicyclic) bond motifs is 1. The van der Waals surface area contributed by atoms with E-state index in [1.807, 2.05) is 38.1 Å². The highest BCUT2D eigenvalue weighted by molar-refractivity contribution is 6.01. The molecule has 0 bridgehead atoms. The Morgan fingerprint density at radius 3 is 2.08 bits per heavy atom. The molecule has 4 heteroatoms. The van der Waals surface area contributed by atoms with Gasteiger partial charge in [0.15, 0.2) is 0 Å². The number of nitrogens with zero attached hydrogens (tertiary/aromatic N) is 1. The molecule has 3 rings (SSSR count). The third-order valence-electron chi connectivity index (χ3n) is 4.01. The first-order valence-corrected chi connectivity index (χ1v) is 7.52. The normalized spacial score (nSPS) is 11.7. The lowest BCUT2D eigenvalue weighted by atomic mass is 9.93. The second-order valence-electron chi connectivity index (χ2n) is 5.82. The first kappa shape index (κ1) is 16.2. The van der Waals surface area contributed by atoms with Gasteiger partial charge in [0, 0.05) is 16.6 Å². The summed E-state index contributed by atoms with van der Waals surface area (Å²) < 4.78 is 38.4. The average molecular weight is 327 g/mol. The topological polar surface area (TPSA) is 12.9 Å². The van der Waals surface area contributed by atoms with Crippen molar-refractivity contribution in [3.63, 3.8) is 0 Å². The van der Waals surface area contributed by atoms with Gasteiger partial charge in [-0.3, -0.25) is 4.98 Å². The SMILES string of the molecule is C=C(C)c1nc(C)c2ccccc2c1-c1ccc(C(F)(F)F)cc1. The number of benzene rings is 2. The average Bonchev–Trinajstić information content (AvgIpc) is 2.54. The number of alkyl halides is 3. The molecule has 0 fully saturated rings. The second kappa shape index (κ2) is 5.78. The first-order chi connectivity index (χ1) is 11.3. The number of hydrogen-bond acceptors (Lipinski definition) is 1. The molecule has 0 unspecified atom stereocenters. The molecule has 0 saturated heterocycles. The molecule has 2 aromatic carbocycles. The van der Waals surface area contributed by atoms with E-state index >= 15 is 0 Å². The third-order valence-corrected chi connectivity index (χ3v) is 4.01. The van der Waals surface area contributed by atoms with Crippen LogP contribution in [0.1, 0.15) is 23.9 Å². The van der Waals surface area contributed by atoms with Crippen LogP contribution < -0.4 is 0 Å². The number of rotatable bonds is 2. The summed E-state index contributed by atoms with van der Waals surface area (Å²) in [6.45, 7) is 7.75. The summed E-state index contributed by atoms with van der Waals surface area (Å²) in [6.07, 6.45) is -4.34. The lowest BCUT2D eigenvalue weighted by Gasteiger charge is -2.15. The maximum Gasteiger partial charge on any atom is 0.416 e. The van der Waals surface area contributed by atoms with Crippen molar-refractivity contribution in [1.82, 2.24) is 4.98 Å². The van der Waals surface area contributed by atoms with Crippen LogP contribution in [0, 0.1) is 6.92 Å². The molecule has 0 aliphatic rings. The monoisotopic (exact) mass is 327 g/mol. The van der Waals surface area contributed by atoms with Crippen molar-refractivity contribution in [1.29, 1.82) is 0 Å². The highest BCUT2D eigenvalue weighted by Gasteiger charge is 2.30. The van der Waals surface area contributed by atoms with Gasteiger partial charge in [0.05, 0.1) is 11.3 Å². The predicted octanol–water partition coefficient (Wildman–Crippen LogP) is 6.26. The van der Waals surface area contributed by atoms with Gasteiger partial charge in [-0.1, -0.05) is 43.0 Å². The van der Waals surface area contributed by atoms with E-state index in [9.17, 15) is 13.2 Å². The van der Waals surface area contributed by atoms with Crippen molar-refractivity contribution in [3.8, 4) is 11.1 Å². The lowest BCUT2D eigenvalue weighted by molar-refractivity contribution is -0.137. The lowest BCUT2D eigenvalue weighted by Crippen LogP contribution is -2.04. The first-order valence-electron chi connectivity index (χ1n) is 7.52. The standard InChI is InChI=1S/C20H16F3N/c1-12(2)19-18(14-8-10-15(11-9-14)20(21,22)23)17-7-5-4-6-16(17)13(3)24-19/h4-11H,1H2,2-3H3. The van der Waals surface area contributed by atoms with Crippen molar-refractivity contribution < 1.29 is 13.2 Å². The summed E-state index contributed by atoms with van der Waals surface area (Å²) in [5.74, 6) is 0. The minimum absolute atomic E-state index is 0.660. The largest absolute Gasteiger partial charge is 0.416 e. The molecule has 0 radical (unpaired) electrons. The number of allylic oxidation sites excluding steroid dienone is 1. The minimum atomic E-state index is -4.34. The van der Waals surface area contributed by atoms with E-state index in [0.29, 0.717) is 11.3 Å². The fourth-order valence-corrected chi connectivity index (χ4v) is 2.85.